The van der Waals surface area contributed by atoms with E-state index in [1.165, 1.54) is 28.5 Å². The lowest BCUT2D eigenvalue weighted by Crippen LogP contribution is -2.17. The highest BCUT2D eigenvalue weighted by molar-refractivity contribution is 7.14. The summed E-state index contributed by atoms with van der Waals surface area (Å²) in [5.41, 5.74) is 4.67. The Morgan fingerprint density at radius 1 is 1.14 bits per heavy atom. The summed E-state index contributed by atoms with van der Waals surface area (Å²) in [5.74, 6) is 0. The summed E-state index contributed by atoms with van der Waals surface area (Å²) in [7, 11) is 0. The first-order valence-electron chi connectivity index (χ1n) is 9.64. The Bertz CT molecular complexity index is 1150. The molecule has 1 fully saturated rings. The van der Waals surface area contributed by atoms with E-state index in [1.807, 2.05) is 18.2 Å². The third-order valence-electron chi connectivity index (χ3n) is 5.30. The van der Waals surface area contributed by atoms with Crippen LogP contribution in [0.5, 0.6) is 0 Å². The number of fused-ring (bicyclic) bond motifs is 1. The van der Waals surface area contributed by atoms with E-state index >= 15 is 0 Å². The average molecular weight is 391 g/mol. The third kappa shape index (κ3) is 3.30. The number of hydrogen-bond donors (Lipinski definition) is 1. The topological polar surface area (TPSA) is 59.4 Å². The Morgan fingerprint density at radius 2 is 1.96 bits per heavy atom. The molecule has 1 aromatic carbocycles. The number of nitrogens with one attached hydrogen (secondary N) is 1. The van der Waals surface area contributed by atoms with Crippen molar-refractivity contribution < 1.29 is 4.74 Å². The van der Waals surface area contributed by atoms with Crippen molar-refractivity contribution in [2.24, 2.45) is 0 Å². The van der Waals surface area contributed by atoms with Gasteiger partial charge in [0.1, 0.15) is 5.65 Å². The van der Waals surface area contributed by atoms with Gasteiger partial charge in [0.05, 0.1) is 24.5 Å². The molecule has 0 amide bonds. The first kappa shape index (κ1) is 17.4. The maximum absolute atomic E-state index is 12.5. The number of aromatic nitrogens is 3. The molecule has 3 heterocycles. The number of rotatable bonds is 5. The van der Waals surface area contributed by atoms with Gasteiger partial charge in [-0.15, -0.1) is 11.3 Å². The molecule has 0 spiro atoms. The summed E-state index contributed by atoms with van der Waals surface area (Å²) in [5, 5.41) is 6.43. The monoisotopic (exact) mass is 391 g/mol. The summed E-state index contributed by atoms with van der Waals surface area (Å²) < 4.78 is 7.41. The fourth-order valence-corrected chi connectivity index (χ4v) is 4.74. The number of nitrogens with zero attached hydrogens (tertiary/aromatic N) is 2. The lowest BCUT2D eigenvalue weighted by molar-refractivity contribution is 0.0438. The molecule has 0 radical (unpaired) electrons. The lowest BCUT2D eigenvalue weighted by Gasteiger charge is -2.11. The zero-order chi connectivity index (χ0) is 18.9. The van der Waals surface area contributed by atoms with Crippen LogP contribution in [0.4, 0.5) is 0 Å². The summed E-state index contributed by atoms with van der Waals surface area (Å²) in [4.78, 5) is 16.9. The van der Waals surface area contributed by atoms with E-state index in [4.69, 9.17) is 4.74 Å². The number of ether oxygens (including phenoxy) is 1. The van der Waals surface area contributed by atoms with Crippen LogP contribution in [0.3, 0.4) is 0 Å². The normalized spacial score (nSPS) is 14.9. The number of hydrogen-bond acceptors (Lipinski definition) is 4. The molecule has 4 aromatic rings. The van der Waals surface area contributed by atoms with Crippen LogP contribution in [-0.4, -0.2) is 20.7 Å². The van der Waals surface area contributed by atoms with Crippen LogP contribution < -0.4 is 5.56 Å². The first-order valence-corrected chi connectivity index (χ1v) is 10.5. The molecule has 1 saturated carbocycles. The van der Waals surface area contributed by atoms with Crippen molar-refractivity contribution in [3.63, 3.8) is 0 Å². The SMILES string of the molecule is O=c1cc(COC2CCCC2)[nH]c2c(-c3cc(-c4ccccc4)cs3)cnn12. The van der Waals surface area contributed by atoms with E-state index < -0.39 is 0 Å². The van der Waals surface area contributed by atoms with Gasteiger partial charge in [-0.3, -0.25) is 4.79 Å². The van der Waals surface area contributed by atoms with Crippen molar-refractivity contribution in [1.29, 1.82) is 0 Å². The molecule has 142 valence electrons. The summed E-state index contributed by atoms with van der Waals surface area (Å²) >= 11 is 1.66. The first-order chi connectivity index (χ1) is 13.8. The smallest absolute Gasteiger partial charge is 0.274 e. The van der Waals surface area contributed by atoms with E-state index in [1.54, 1.807) is 23.6 Å². The van der Waals surface area contributed by atoms with Gasteiger partial charge in [0.2, 0.25) is 0 Å². The zero-order valence-corrected chi connectivity index (χ0v) is 16.2. The molecule has 0 unspecified atom stereocenters. The van der Waals surface area contributed by atoms with E-state index in [-0.39, 0.29) is 5.56 Å². The Kier molecular flexibility index (Phi) is 4.58. The van der Waals surface area contributed by atoms with Gasteiger partial charge in [0, 0.05) is 16.6 Å². The van der Waals surface area contributed by atoms with E-state index in [0.717, 1.165) is 34.6 Å². The Morgan fingerprint density at radius 3 is 2.79 bits per heavy atom. The van der Waals surface area contributed by atoms with Crippen LogP contribution >= 0.6 is 11.3 Å². The minimum Gasteiger partial charge on any atom is -0.372 e. The molecule has 0 bridgehead atoms. The molecule has 0 saturated heterocycles. The summed E-state index contributed by atoms with van der Waals surface area (Å²) in [6.07, 6.45) is 6.76. The third-order valence-corrected chi connectivity index (χ3v) is 6.27. The highest BCUT2D eigenvalue weighted by Gasteiger charge is 2.17. The molecule has 5 rings (SSSR count). The lowest BCUT2D eigenvalue weighted by atomic mass is 10.1. The van der Waals surface area contributed by atoms with Gasteiger partial charge in [-0.2, -0.15) is 9.61 Å². The van der Waals surface area contributed by atoms with Gasteiger partial charge >= 0.3 is 0 Å². The minimum atomic E-state index is -0.134. The highest BCUT2D eigenvalue weighted by atomic mass is 32.1. The van der Waals surface area contributed by atoms with Crippen molar-refractivity contribution in [3.8, 4) is 21.6 Å². The van der Waals surface area contributed by atoms with E-state index in [2.05, 4.69) is 33.7 Å². The Hall–Kier alpha value is -2.70. The molecular formula is C22H21N3O2S. The molecule has 6 heteroatoms. The van der Waals surface area contributed by atoms with Gasteiger partial charge in [-0.05, 0) is 35.4 Å². The molecule has 1 aliphatic carbocycles. The number of H-pyrrole nitrogens is 1. The van der Waals surface area contributed by atoms with Crippen molar-refractivity contribution in [3.05, 3.63) is 70.1 Å². The predicted octanol–water partition coefficient (Wildman–Crippen LogP) is 4.88. The second-order valence-electron chi connectivity index (χ2n) is 7.23. The van der Waals surface area contributed by atoms with Crippen LogP contribution in [0, 0.1) is 0 Å². The maximum atomic E-state index is 12.5. The number of aromatic amines is 1. The van der Waals surface area contributed by atoms with E-state index in [9.17, 15) is 4.79 Å². The fraction of sp³-hybridized carbons (Fsp3) is 0.273. The molecule has 0 atom stereocenters. The van der Waals surface area contributed by atoms with Crippen molar-refractivity contribution >= 4 is 17.0 Å². The second-order valence-corrected chi connectivity index (χ2v) is 8.15. The zero-order valence-electron chi connectivity index (χ0n) is 15.4. The van der Waals surface area contributed by atoms with Crippen LogP contribution in [0.1, 0.15) is 31.4 Å². The molecule has 28 heavy (non-hydrogen) atoms. The quantitative estimate of drug-likeness (QED) is 0.528. The number of thiophene rings is 1. The average Bonchev–Trinajstić information content (AvgIpc) is 3.47. The Balaban J connectivity index is 1.48. The van der Waals surface area contributed by atoms with Gasteiger partial charge in [0.15, 0.2) is 0 Å². The second kappa shape index (κ2) is 7.37. The van der Waals surface area contributed by atoms with Crippen LogP contribution in [0.25, 0.3) is 27.2 Å². The van der Waals surface area contributed by atoms with E-state index in [0.29, 0.717) is 12.7 Å². The minimum absolute atomic E-state index is 0.134. The molecule has 3 aromatic heterocycles. The van der Waals surface area contributed by atoms with Crippen LogP contribution in [-0.2, 0) is 11.3 Å². The Labute approximate surface area is 166 Å². The summed E-state index contributed by atoms with van der Waals surface area (Å²) in [6, 6.07) is 14.0. The van der Waals surface area contributed by atoms with Gasteiger partial charge in [0.25, 0.3) is 5.56 Å². The van der Waals surface area contributed by atoms with Crippen molar-refractivity contribution in [2.45, 2.75) is 38.4 Å². The standard InChI is InChI=1S/C22H21N3O2S/c26-21-11-17(13-27-18-8-4-5-9-18)24-22-19(12-23-25(21)22)20-10-16(14-28-20)15-6-2-1-3-7-15/h1-3,6-7,10-12,14,18,24H,4-5,8-9,13H2. The highest BCUT2D eigenvalue weighted by Crippen LogP contribution is 2.34. The van der Waals surface area contributed by atoms with Gasteiger partial charge in [-0.1, -0.05) is 43.2 Å². The summed E-state index contributed by atoms with van der Waals surface area (Å²) in [6.45, 7) is 0.431. The molecule has 1 aliphatic rings. The number of benzene rings is 1. The molecule has 1 N–H and O–H groups in total. The molecule has 5 nitrogen and oxygen atoms in total. The van der Waals surface area contributed by atoms with Crippen molar-refractivity contribution in [2.75, 3.05) is 0 Å². The largest absolute Gasteiger partial charge is 0.372 e. The van der Waals surface area contributed by atoms with Crippen LogP contribution in [0.2, 0.25) is 0 Å². The van der Waals surface area contributed by atoms with Crippen LogP contribution in [0.15, 0.2) is 58.8 Å². The molecular weight excluding hydrogens is 370 g/mol. The van der Waals surface area contributed by atoms with Gasteiger partial charge < -0.3 is 9.72 Å². The van der Waals surface area contributed by atoms with Gasteiger partial charge in [-0.25, -0.2) is 0 Å². The predicted molar refractivity (Wildman–Crippen MR) is 112 cm³/mol. The maximum Gasteiger partial charge on any atom is 0.274 e. The molecule has 0 aliphatic heterocycles. The fourth-order valence-electron chi connectivity index (χ4n) is 3.81. The van der Waals surface area contributed by atoms with Crippen molar-refractivity contribution in [1.82, 2.24) is 14.6 Å².